The number of hydrogen-bond donors (Lipinski definition) is 0. The van der Waals surface area contributed by atoms with Crippen molar-refractivity contribution in [2.75, 3.05) is 20.2 Å². The summed E-state index contributed by atoms with van der Waals surface area (Å²) < 4.78 is 18.4. The molecule has 1 fully saturated rings. The van der Waals surface area contributed by atoms with E-state index < -0.39 is 0 Å². The van der Waals surface area contributed by atoms with E-state index in [2.05, 4.69) is 0 Å². The summed E-state index contributed by atoms with van der Waals surface area (Å²) in [6.07, 6.45) is 4.57. The Balaban J connectivity index is 1.83. The van der Waals surface area contributed by atoms with Crippen LogP contribution >= 0.6 is 0 Å². The van der Waals surface area contributed by atoms with Crippen molar-refractivity contribution in [1.29, 1.82) is 0 Å². The third kappa shape index (κ3) is 4.03. The highest BCUT2D eigenvalue weighted by Crippen LogP contribution is 2.16. The zero-order valence-electron chi connectivity index (χ0n) is 11.3. The van der Waals surface area contributed by atoms with Gasteiger partial charge in [-0.15, -0.1) is 0 Å². The van der Waals surface area contributed by atoms with Crippen LogP contribution in [0, 0.1) is 5.82 Å². The molecule has 0 N–H and O–H groups in total. The Labute approximate surface area is 113 Å². The van der Waals surface area contributed by atoms with Crippen molar-refractivity contribution in [2.45, 2.75) is 31.8 Å². The average Bonchev–Trinajstić information content (AvgIpc) is 2.46. The molecule has 0 saturated carbocycles. The molecule has 19 heavy (non-hydrogen) atoms. The molecule has 3 nitrogen and oxygen atoms in total. The SMILES string of the molecule is CN(CCC1CCCCO1)C(=O)c1ccc(F)cc1. The van der Waals surface area contributed by atoms with E-state index in [9.17, 15) is 9.18 Å². The summed E-state index contributed by atoms with van der Waals surface area (Å²) >= 11 is 0. The molecule has 4 heteroatoms. The number of nitrogens with zero attached hydrogens (tertiary/aromatic N) is 1. The zero-order chi connectivity index (χ0) is 13.7. The van der Waals surface area contributed by atoms with Gasteiger partial charge in [-0.1, -0.05) is 0 Å². The normalized spacial score (nSPS) is 19.2. The van der Waals surface area contributed by atoms with Crippen LogP contribution in [-0.4, -0.2) is 37.1 Å². The molecule has 1 atom stereocenters. The van der Waals surface area contributed by atoms with E-state index in [1.54, 1.807) is 11.9 Å². The molecule has 2 rings (SSSR count). The fourth-order valence-corrected chi connectivity index (χ4v) is 2.29. The summed E-state index contributed by atoms with van der Waals surface area (Å²) in [7, 11) is 1.77. The van der Waals surface area contributed by atoms with Gasteiger partial charge >= 0.3 is 0 Å². The van der Waals surface area contributed by atoms with Crippen molar-refractivity contribution in [3.8, 4) is 0 Å². The average molecular weight is 265 g/mol. The lowest BCUT2D eigenvalue weighted by Gasteiger charge is -2.25. The summed E-state index contributed by atoms with van der Waals surface area (Å²) in [4.78, 5) is 13.8. The van der Waals surface area contributed by atoms with Crippen LogP contribution in [-0.2, 0) is 4.74 Å². The molecular weight excluding hydrogens is 245 g/mol. The van der Waals surface area contributed by atoms with Gasteiger partial charge in [0.1, 0.15) is 5.82 Å². The molecule has 0 radical (unpaired) electrons. The maximum Gasteiger partial charge on any atom is 0.253 e. The van der Waals surface area contributed by atoms with Crippen LogP contribution in [0.1, 0.15) is 36.0 Å². The molecule has 1 unspecified atom stereocenters. The lowest BCUT2D eigenvalue weighted by Crippen LogP contribution is -2.31. The third-order valence-corrected chi connectivity index (χ3v) is 3.50. The van der Waals surface area contributed by atoms with Gasteiger partial charge in [0.25, 0.3) is 5.91 Å². The first-order valence-electron chi connectivity index (χ1n) is 6.79. The maximum atomic E-state index is 12.8. The second-order valence-electron chi connectivity index (χ2n) is 5.01. The number of ether oxygens (including phenoxy) is 1. The molecule has 1 heterocycles. The Morgan fingerprint density at radius 2 is 2.11 bits per heavy atom. The molecule has 104 valence electrons. The molecule has 1 saturated heterocycles. The summed E-state index contributed by atoms with van der Waals surface area (Å²) in [5.74, 6) is -0.398. The molecule has 1 aliphatic heterocycles. The highest BCUT2D eigenvalue weighted by molar-refractivity contribution is 5.93. The van der Waals surface area contributed by atoms with Crippen LogP contribution in [0.15, 0.2) is 24.3 Å². The topological polar surface area (TPSA) is 29.5 Å². The van der Waals surface area contributed by atoms with Gasteiger partial charge in [0.15, 0.2) is 0 Å². The van der Waals surface area contributed by atoms with Crippen LogP contribution in [0.25, 0.3) is 0 Å². The first kappa shape index (κ1) is 14.0. The quantitative estimate of drug-likeness (QED) is 0.837. The van der Waals surface area contributed by atoms with E-state index in [4.69, 9.17) is 4.74 Å². The summed E-state index contributed by atoms with van der Waals surface area (Å²) in [5, 5.41) is 0. The van der Waals surface area contributed by atoms with E-state index in [1.807, 2.05) is 0 Å². The van der Waals surface area contributed by atoms with Crippen LogP contribution < -0.4 is 0 Å². The van der Waals surface area contributed by atoms with Crippen LogP contribution in [0.2, 0.25) is 0 Å². The molecule has 0 spiro atoms. The van der Waals surface area contributed by atoms with Crippen molar-refractivity contribution < 1.29 is 13.9 Å². The monoisotopic (exact) mass is 265 g/mol. The Bertz CT molecular complexity index is 413. The minimum absolute atomic E-state index is 0.0733. The van der Waals surface area contributed by atoms with Crippen LogP contribution in [0.4, 0.5) is 4.39 Å². The first-order chi connectivity index (χ1) is 9.16. The van der Waals surface area contributed by atoms with Crippen molar-refractivity contribution in [3.05, 3.63) is 35.6 Å². The smallest absolute Gasteiger partial charge is 0.253 e. The maximum absolute atomic E-state index is 12.8. The number of rotatable bonds is 4. The summed E-state index contributed by atoms with van der Waals surface area (Å²) in [6, 6.07) is 5.66. The van der Waals surface area contributed by atoms with E-state index >= 15 is 0 Å². The molecule has 1 aromatic rings. The largest absolute Gasteiger partial charge is 0.378 e. The predicted molar refractivity (Wildman–Crippen MR) is 71.6 cm³/mol. The number of carbonyl (C=O) groups excluding carboxylic acids is 1. The Hall–Kier alpha value is -1.42. The van der Waals surface area contributed by atoms with Crippen LogP contribution in [0.3, 0.4) is 0 Å². The van der Waals surface area contributed by atoms with E-state index in [1.165, 1.54) is 30.7 Å². The number of hydrogen-bond acceptors (Lipinski definition) is 2. The first-order valence-corrected chi connectivity index (χ1v) is 6.79. The molecule has 1 aromatic carbocycles. The second-order valence-corrected chi connectivity index (χ2v) is 5.01. The molecule has 0 aliphatic carbocycles. The third-order valence-electron chi connectivity index (χ3n) is 3.50. The summed E-state index contributed by atoms with van der Waals surface area (Å²) in [5.41, 5.74) is 0.522. The predicted octanol–water partition coefficient (Wildman–Crippen LogP) is 2.86. The molecular formula is C15H20FNO2. The standard InChI is InChI=1S/C15H20FNO2/c1-17(10-9-14-4-2-3-11-19-14)15(18)12-5-7-13(16)8-6-12/h5-8,14H,2-4,9-11H2,1H3. The van der Waals surface area contributed by atoms with E-state index in [-0.39, 0.29) is 17.8 Å². The fraction of sp³-hybridized carbons (Fsp3) is 0.533. The Kier molecular flexibility index (Phi) is 4.91. The highest BCUT2D eigenvalue weighted by Gasteiger charge is 2.17. The van der Waals surface area contributed by atoms with Crippen molar-refractivity contribution in [1.82, 2.24) is 4.90 Å². The van der Waals surface area contributed by atoms with Gasteiger partial charge in [-0.2, -0.15) is 0 Å². The van der Waals surface area contributed by atoms with Gasteiger partial charge in [-0.3, -0.25) is 4.79 Å². The number of halogens is 1. The number of amides is 1. The van der Waals surface area contributed by atoms with Gasteiger partial charge in [-0.05, 0) is 49.9 Å². The van der Waals surface area contributed by atoms with E-state index in [0.717, 1.165) is 25.9 Å². The van der Waals surface area contributed by atoms with Crippen molar-refractivity contribution in [2.24, 2.45) is 0 Å². The Morgan fingerprint density at radius 3 is 2.74 bits per heavy atom. The fourth-order valence-electron chi connectivity index (χ4n) is 2.29. The van der Waals surface area contributed by atoms with Gasteiger partial charge in [0.05, 0.1) is 6.10 Å². The van der Waals surface area contributed by atoms with Gasteiger partial charge in [-0.25, -0.2) is 4.39 Å². The minimum Gasteiger partial charge on any atom is -0.378 e. The number of benzene rings is 1. The molecule has 0 aromatic heterocycles. The van der Waals surface area contributed by atoms with Crippen LogP contribution in [0.5, 0.6) is 0 Å². The van der Waals surface area contributed by atoms with Gasteiger partial charge in [0, 0.05) is 25.8 Å². The summed E-state index contributed by atoms with van der Waals surface area (Å²) in [6.45, 7) is 1.50. The zero-order valence-corrected chi connectivity index (χ0v) is 11.3. The highest BCUT2D eigenvalue weighted by atomic mass is 19.1. The van der Waals surface area contributed by atoms with E-state index in [0.29, 0.717) is 12.1 Å². The number of carbonyl (C=O) groups is 1. The molecule has 1 amide bonds. The van der Waals surface area contributed by atoms with Gasteiger partial charge < -0.3 is 9.64 Å². The van der Waals surface area contributed by atoms with Crippen molar-refractivity contribution >= 4 is 5.91 Å². The molecule has 1 aliphatic rings. The Morgan fingerprint density at radius 1 is 1.37 bits per heavy atom. The minimum atomic E-state index is -0.324. The molecule has 0 bridgehead atoms. The van der Waals surface area contributed by atoms with Crippen molar-refractivity contribution in [3.63, 3.8) is 0 Å². The van der Waals surface area contributed by atoms with Gasteiger partial charge in [0.2, 0.25) is 0 Å². The lowest BCUT2D eigenvalue weighted by atomic mass is 10.1. The second kappa shape index (κ2) is 6.66. The lowest BCUT2D eigenvalue weighted by molar-refractivity contribution is 0.00709.